The third kappa shape index (κ3) is 11.4. The van der Waals surface area contributed by atoms with Crippen LogP contribution in [0.4, 0.5) is 0 Å². The van der Waals surface area contributed by atoms with E-state index in [0.717, 1.165) is 12.0 Å². The Balaban J connectivity index is 0.00000576. The Morgan fingerprint density at radius 1 is 0.840 bits per heavy atom. The molecule has 0 fully saturated rings. The van der Waals surface area contributed by atoms with Crippen LogP contribution in [0.5, 0.6) is 0 Å². The van der Waals surface area contributed by atoms with Gasteiger partial charge in [0, 0.05) is 0 Å². The first-order valence-electron chi connectivity index (χ1n) is 9.52. The van der Waals surface area contributed by atoms with E-state index in [9.17, 15) is 8.42 Å². The van der Waals surface area contributed by atoms with Crippen molar-refractivity contribution in [3.8, 4) is 0 Å². The molecule has 3 nitrogen and oxygen atoms in total. The van der Waals surface area contributed by atoms with Gasteiger partial charge in [-0.25, -0.2) is 0 Å². The molecule has 0 aliphatic rings. The van der Waals surface area contributed by atoms with E-state index in [1.807, 2.05) is 12.1 Å². The average Bonchev–Trinajstić information content (AvgIpc) is 2.55. The molecule has 0 radical (unpaired) electrons. The molecular weight excluding hydrogens is 343 g/mol. The summed E-state index contributed by atoms with van der Waals surface area (Å²) in [6.45, 7) is 4.43. The molecule has 0 aliphatic carbocycles. The second-order valence-electron chi connectivity index (χ2n) is 6.92. The zero-order chi connectivity index (χ0) is 17.8. The molecule has 25 heavy (non-hydrogen) atoms. The predicted molar refractivity (Wildman–Crippen MR) is 108 cm³/mol. The Hall–Kier alpha value is 0.130. The van der Waals surface area contributed by atoms with Crippen molar-refractivity contribution >= 4 is 39.7 Å². The number of rotatable bonds is 13. The molecule has 1 unspecified atom stereocenters. The van der Waals surface area contributed by atoms with Gasteiger partial charge in [0.15, 0.2) is 0 Å². The summed E-state index contributed by atoms with van der Waals surface area (Å²) in [6, 6.07) is 6.59. The summed E-state index contributed by atoms with van der Waals surface area (Å²) in [4.78, 5) is -0.0302. The molecule has 0 aromatic heterocycles. The van der Waals surface area contributed by atoms with E-state index in [1.54, 1.807) is 0 Å². The Morgan fingerprint density at radius 3 is 1.72 bits per heavy atom. The van der Waals surface area contributed by atoms with Crippen LogP contribution in [0.15, 0.2) is 29.2 Å². The molecule has 5 heteroatoms. The fourth-order valence-electron chi connectivity index (χ4n) is 3.07. The molecule has 1 aromatic rings. The zero-order valence-corrected chi connectivity index (χ0v) is 16.2. The van der Waals surface area contributed by atoms with Crippen molar-refractivity contribution in [2.75, 3.05) is 0 Å². The Labute approximate surface area is 177 Å². The third-order valence-electron chi connectivity index (χ3n) is 4.74. The van der Waals surface area contributed by atoms with Crippen LogP contribution in [0.1, 0.15) is 96.0 Å². The standard InChI is InChI=1S/C20H34O3S.Na.H/c1-3-4-5-6-7-8-9-10-11-12-13-18(2)19-14-16-20(17-15-19)24(21,22)23;;/h14-18H,3-13H2,1-2H3,(H,21,22,23);;. The van der Waals surface area contributed by atoms with E-state index in [0.29, 0.717) is 5.92 Å². The van der Waals surface area contributed by atoms with Crippen molar-refractivity contribution in [2.45, 2.75) is 95.3 Å². The first-order valence-corrected chi connectivity index (χ1v) is 11.0. The first kappa shape index (κ1) is 25.1. The zero-order valence-electron chi connectivity index (χ0n) is 15.3. The Kier molecular flexibility index (Phi) is 14.3. The van der Waals surface area contributed by atoms with Crippen molar-refractivity contribution in [2.24, 2.45) is 0 Å². The summed E-state index contributed by atoms with van der Waals surface area (Å²) in [5.41, 5.74) is 1.14. The molecule has 0 aliphatic heterocycles. The van der Waals surface area contributed by atoms with Gasteiger partial charge in [-0.2, -0.15) is 8.42 Å². The number of hydrogen-bond acceptors (Lipinski definition) is 2. The quantitative estimate of drug-likeness (QED) is 0.272. The first-order chi connectivity index (χ1) is 11.4. The number of hydrogen-bond donors (Lipinski definition) is 1. The van der Waals surface area contributed by atoms with Crippen LogP contribution >= 0.6 is 0 Å². The van der Waals surface area contributed by atoms with Gasteiger partial charge in [0.25, 0.3) is 10.1 Å². The van der Waals surface area contributed by atoms with Gasteiger partial charge < -0.3 is 0 Å². The van der Waals surface area contributed by atoms with Crippen molar-refractivity contribution in [3.63, 3.8) is 0 Å². The fraction of sp³-hybridized carbons (Fsp3) is 0.700. The van der Waals surface area contributed by atoms with Crippen molar-refractivity contribution in [3.05, 3.63) is 29.8 Å². The van der Waals surface area contributed by atoms with Gasteiger partial charge in [0.2, 0.25) is 0 Å². The number of unbranched alkanes of at least 4 members (excludes halogenated alkanes) is 9. The van der Waals surface area contributed by atoms with E-state index in [2.05, 4.69) is 13.8 Å². The van der Waals surface area contributed by atoms with Crippen LogP contribution in [-0.4, -0.2) is 42.5 Å². The van der Waals surface area contributed by atoms with Crippen molar-refractivity contribution in [1.29, 1.82) is 0 Å². The third-order valence-corrected chi connectivity index (χ3v) is 5.61. The molecule has 1 atom stereocenters. The Bertz CT molecular complexity index is 541. The molecule has 0 saturated heterocycles. The summed E-state index contributed by atoms with van der Waals surface area (Å²) >= 11 is 0. The van der Waals surface area contributed by atoms with Gasteiger partial charge in [-0.15, -0.1) is 0 Å². The predicted octanol–water partition coefficient (Wildman–Crippen LogP) is 5.70. The molecule has 1 N–H and O–H groups in total. The van der Waals surface area contributed by atoms with Crippen LogP contribution in [-0.2, 0) is 10.1 Å². The SMILES string of the molecule is CCCCCCCCCCCCC(C)c1ccc(S(=O)(=O)O)cc1.[NaH]. The van der Waals surface area contributed by atoms with E-state index < -0.39 is 10.1 Å². The van der Waals surface area contributed by atoms with Crippen LogP contribution < -0.4 is 0 Å². The maximum atomic E-state index is 11.0. The van der Waals surface area contributed by atoms with Crippen LogP contribution in [0, 0.1) is 0 Å². The molecule has 0 amide bonds. The maximum absolute atomic E-state index is 11.0. The fourth-order valence-corrected chi connectivity index (χ4v) is 3.55. The summed E-state index contributed by atoms with van der Waals surface area (Å²) in [7, 11) is -4.08. The van der Waals surface area contributed by atoms with Gasteiger partial charge in [-0.1, -0.05) is 90.2 Å². The average molecular weight is 379 g/mol. The summed E-state index contributed by atoms with van der Waals surface area (Å²) in [6.07, 6.45) is 14.5. The topological polar surface area (TPSA) is 54.4 Å². The molecule has 1 rings (SSSR count). The van der Waals surface area contributed by atoms with Crippen molar-refractivity contribution in [1.82, 2.24) is 0 Å². The minimum absolute atomic E-state index is 0. The molecule has 1 aromatic carbocycles. The van der Waals surface area contributed by atoms with Crippen LogP contribution in [0.2, 0.25) is 0 Å². The molecule has 0 spiro atoms. The van der Waals surface area contributed by atoms with Gasteiger partial charge in [0.1, 0.15) is 0 Å². The van der Waals surface area contributed by atoms with Crippen molar-refractivity contribution < 1.29 is 13.0 Å². The van der Waals surface area contributed by atoms with E-state index in [4.69, 9.17) is 4.55 Å². The normalized spacial score (nSPS) is 12.6. The van der Waals surface area contributed by atoms with E-state index in [-0.39, 0.29) is 34.5 Å². The summed E-state index contributed by atoms with van der Waals surface area (Å²) in [5.74, 6) is 0.425. The van der Waals surface area contributed by atoms with Gasteiger partial charge in [-0.05, 0) is 30.0 Å². The molecule has 140 valence electrons. The van der Waals surface area contributed by atoms with Crippen LogP contribution in [0.25, 0.3) is 0 Å². The summed E-state index contributed by atoms with van der Waals surface area (Å²) in [5, 5.41) is 0. The van der Waals surface area contributed by atoms with E-state index >= 15 is 0 Å². The molecule has 0 bridgehead atoms. The minimum atomic E-state index is -4.08. The monoisotopic (exact) mass is 378 g/mol. The van der Waals surface area contributed by atoms with Gasteiger partial charge >= 0.3 is 29.6 Å². The summed E-state index contributed by atoms with van der Waals surface area (Å²) < 4.78 is 31.1. The number of benzene rings is 1. The molecule has 0 saturated carbocycles. The molecule has 0 heterocycles. The van der Waals surface area contributed by atoms with Gasteiger partial charge in [-0.3, -0.25) is 4.55 Å². The second-order valence-corrected chi connectivity index (χ2v) is 8.34. The van der Waals surface area contributed by atoms with Gasteiger partial charge in [0.05, 0.1) is 4.90 Å². The second kappa shape index (κ2) is 14.2. The molecular formula is C20H35NaO3S. The Morgan fingerprint density at radius 2 is 1.28 bits per heavy atom. The van der Waals surface area contributed by atoms with Crippen LogP contribution in [0.3, 0.4) is 0 Å². The van der Waals surface area contributed by atoms with E-state index in [1.165, 1.54) is 76.3 Å².